The van der Waals surface area contributed by atoms with Crippen molar-refractivity contribution in [3.8, 4) is 28.1 Å². The molecule has 61 heavy (non-hydrogen) atoms. The largest absolute Gasteiger partial charge is 0.484 e. The Hall–Kier alpha value is -6.67. The van der Waals surface area contributed by atoms with Gasteiger partial charge in [0.05, 0.1) is 40.7 Å². The number of imide groups is 1. The number of rotatable bonds is 19. The van der Waals surface area contributed by atoms with E-state index in [9.17, 15) is 24.0 Å². The van der Waals surface area contributed by atoms with Crippen LogP contribution in [0.15, 0.2) is 97.5 Å². The van der Waals surface area contributed by atoms with Crippen LogP contribution in [0, 0.1) is 0 Å². The Bertz CT molecular complexity index is 2400. The Morgan fingerprint density at radius 1 is 0.803 bits per heavy atom. The van der Waals surface area contributed by atoms with E-state index in [0.717, 1.165) is 61.6 Å². The van der Waals surface area contributed by atoms with E-state index in [1.54, 1.807) is 42.9 Å². The van der Waals surface area contributed by atoms with Gasteiger partial charge < -0.3 is 25.6 Å². The van der Waals surface area contributed by atoms with Gasteiger partial charge in [0.25, 0.3) is 11.8 Å². The number of aromatic nitrogens is 3. The summed E-state index contributed by atoms with van der Waals surface area (Å²) in [6, 6.07) is 24.2. The van der Waals surface area contributed by atoms with E-state index in [0.29, 0.717) is 64.3 Å². The lowest BCUT2D eigenvalue weighted by atomic mass is 10.0. The van der Waals surface area contributed by atoms with Gasteiger partial charge in [-0.05, 0) is 66.3 Å². The molecule has 1 fully saturated rings. The molecule has 0 spiro atoms. The number of anilines is 3. The summed E-state index contributed by atoms with van der Waals surface area (Å²) in [5.41, 5.74) is 5.99. The summed E-state index contributed by atoms with van der Waals surface area (Å²) in [7, 11) is 0. The van der Waals surface area contributed by atoms with Gasteiger partial charge in [-0.3, -0.25) is 34.3 Å². The SMILES string of the molecule is O=C(COc1ccc2c(c1)CN(C1CCC(=O)NC1=O)C2=O)NCCCCCCCCCC(=O)Nc1cncc(Nc2ncc(Cl)c(-c3cccc(-c4ccccc4)c3)n2)c1. The van der Waals surface area contributed by atoms with E-state index in [-0.39, 0.29) is 43.2 Å². The van der Waals surface area contributed by atoms with E-state index in [1.165, 1.54) is 4.90 Å². The van der Waals surface area contributed by atoms with E-state index in [2.05, 4.69) is 48.4 Å². The number of nitrogens with one attached hydrogen (secondary N) is 4. The molecule has 5 aromatic rings. The Balaban J connectivity index is 0.742. The molecule has 4 heterocycles. The van der Waals surface area contributed by atoms with Crippen LogP contribution in [0.25, 0.3) is 22.4 Å². The van der Waals surface area contributed by atoms with Crippen LogP contribution >= 0.6 is 11.6 Å². The van der Waals surface area contributed by atoms with Crippen molar-refractivity contribution in [1.82, 2.24) is 30.5 Å². The van der Waals surface area contributed by atoms with Crippen LogP contribution in [-0.4, -0.2) is 68.6 Å². The van der Waals surface area contributed by atoms with Crippen molar-refractivity contribution in [1.29, 1.82) is 0 Å². The van der Waals surface area contributed by atoms with Crippen LogP contribution in [0.1, 0.15) is 80.1 Å². The van der Waals surface area contributed by atoms with Gasteiger partial charge in [0.15, 0.2) is 6.61 Å². The lowest BCUT2D eigenvalue weighted by Crippen LogP contribution is -2.52. The molecule has 2 aliphatic rings. The number of halogens is 1. The van der Waals surface area contributed by atoms with Crippen molar-refractivity contribution in [2.24, 2.45) is 0 Å². The molecule has 1 atom stereocenters. The average molecular weight is 843 g/mol. The molecule has 314 valence electrons. The number of hydrogen-bond acceptors (Lipinski definition) is 10. The highest BCUT2D eigenvalue weighted by Gasteiger charge is 2.39. The highest BCUT2D eigenvalue weighted by molar-refractivity contribution is 6.33. The molecular weight excluding hydrogens is 796 g/mol. The Labute approximate surface area is 358 Å². The normalized spacial score (nSPS) is 14.6. The number of benzene rings is 3. The molecule has 0 saturated carbocycles. The fourth-order valence-electron chi connectivity index (χ4n) is 7.40. The summed E-state index contributed by atoms with van der Waals surface area (Å²) >= 11 is 6.53. The van der Waals surface area contributed by atoms with Crippen molar-refractivity contribution in [3.63, 3.8) is 0 Å². The maximum absolute atomic E-state index is 12.9. The number of amides is 5. The average Bonchev–Trinajstić information content (AvgIpc) is 3.59. The highest BCUT2D eigenvalue weighted by Crippen LogP contribution is 2.32. The number of fused-ring (bicyclic) bond motifs is 1. The number of piperidine rings is 1. The lowest BCUT2D eigenvalue weighted by molar-refractivity contribution is -0.137. The number of ether oxygens (including phenoxy) is 1. The molecule has 15 heteroatoms. The molecular formula is C46H47ClN8O6. The number of carbonyl (C=O) groups excluding carboxylic acids is 5. The van der Waals surface area contributed by atoms with Gasteiger partial charge in [0.1, 0.15) is 11.8 Å². The summed E-state index contributed by atoms with van der Waals surface area (Å²) < 4.78 is 5.68. The second-order valence-corrected chi connectivity index (χ2v) is 15.5. The molecule has 1 unspecified atom stereocenters. The maximum atomic E-state index is 12.9. The van der Waals surface area contributed by atoms with E-state index < -0.39 is 11.9 Å². The predicted molar refractivity (Wildman–Crippen MR) is 232 cm³/mol. The molecule has 14 nitrogen and oxygen atoms in total. The van der Waals surface area contributed by atoms with Gasteiger partial charge in [-0.1, -0.05) is 92.2 Å². The molecule has 2 aliphatic heterocycles. The van der Waals surface area contributed by atoms with Crippen LogP contribution in [0.3, 0.4) is 0 Å². The predicted octanol–water partition coefficient (Wildman–Crippen LogP) is 7.62. The minimum absolute atomic E-state index is 0.0790. The first-order valence-electron chi connectivity index (χ1n) is 20.6. The molecule has 7 rings (SSSR count). The Morgan fingerprint density at radius 2 is 1.56 bits per heavy atom. The number of nitrogens with zero attached hydrogens (tertiary/aromatic N) is 4. The minimum atomic E-state index is -0.685. The van der Waals surface area contributed by atoms with Gasteiger partial charge >= 0.3 is 0 Å². The van der Waals surface area contributed by atoms with E-state index in [1.807, 2.05) is 42.5 Å². The van der Waals surface area contributed by atoms with Crippen molar-refractivity contribution < 1.29 is 28.7 Å². The summed E-state index contributed by atoms with van der Waals surface area (Å²) in [6.45, 7) is 0.634. The van der Waals surface area contributed by atoms with Gasteiger partial charge in [0.2, 0.25) is 23.7 Å². The Morgan fingerprint density at radius 3 is 2.38 bits per heavy atom. The smallest absolute Gasteiger partial charge is 0.257 e. The third-order valence-electron chi connectivity index (χ3n) is 10.5. The number of pyridine rings is 1. The van der Waals surface area contributed by atoms with Gasteiger partial charge in [-0.2, -0.15) is 0 Å². The quantitative estimate of drug-likeness (QED) is 0.0477. The highest BCUT2D eigenvalue weighted by atomic mass is 35.5. The first-order chi connectivity index (χ1) is 29.7. The molecule has 3 aromatic carbocycles. The van der Waals surface area contributed by atoms with Gasteiger partial charge in [-0.15, -0.1) is 0 Å². The minimum Gasteiger partial charge on any atom is -0.484 e. The zero-order valence-electron chi connectivity index (χ0n) is 33.6. The van der Waals surface area contributed by atoms with Crippen molar-refractivity contribution in [3.05, 3.63) is 114 Å². The fourth-order valence-corrected chi connectivity index (χ4v) is 7.60. The molecule has 0 bridgehead atoms. The number of carbonyl (C=O) groups is 5. The first-order valence-corrected chi connectivity index (χ1v) is 21.0. The molecule has 0 aliphatic carbocycles. The molecule has 4 N–H and O–H groups in total. The van der Waals surface area contributed by atoms with Crippen molar-refractivity contribution in [2.45, 2.75) is 76.8 Å². The second-order valence-electron chi connectivity index (χ2n) is 15.1. The number of hydrogen-bond donors (Lipinski definition) is 4. The standard InChI is InChI=1S/C46H47ClN8O6/c47-38-27-50-46(54-43(38)32-15-11-14-31(22-32)30-12-7-6-8-13-30)52-35-24-34(25-48-26-35)51-40(56)16-9-4-2-1-3-5-10-21-49-42(58)29-61-36-17-18-37-33(23-36)28-55(45(37)60)39-19-20-41(57)53-44(39)59/h6-8,11-15,17-18,22-27,39H,1-5,9-10,16,19-21,28-29H2,(H,49,58)(H,51,56)(H,50,52,54)(H,53,57,59). The molecule has 5 amide bonds. The van der Waals surface area contributed by atoms with Gasteiger partial charge in [-0.25, -0.2) is 9.97 Å². The van der Waals surface area contributed by atoms with Crippen molar-refractivity contribution in [2.75, 3.05) is 23.8 Å². The lowest BCUT2D eigenvalue weighted by Gasteiger charge is -2.29. The third-order valence-corrected chi connectivity index (χ3v) is 10.8. The summed E-state index contributed by atoms with van der Waals surface area (Å²) in [6.07, 6.45) is 12.3. The third kappa shape index (κ3) is 11.5. The van der Waals surface area contributed by atoms with E-state index in [4.69, 9.17) is 16.3 Å². The second kappa shape index (κ2) is 20.5. The first kappa shape index (κ1) is 42.5. The monoisotopic (exact) mass is 842 g/mol. The van der Waals surface area contributed by atoms with Crippen LogP contribution in [0.2, 0.25) is 5.02 Å². The summed E-state index contributed by atoms with van der Waals surface area (Å²) in [4.78, 5) is 76.6. The van der Waals surface area contributed by atoms with E-state index >= 15 is 0 Å². The number of unbranched alkanes of at least 4 members (excludes halogenated alkanes) is 6. The van der Waals surface area contributed by atoms with Gasteiger partial charge in [0, 0.05) is 37.1 Å². The summed E-state index contributed by atoms with van der Waals surface area (Å²) in [5, 5.41) is 11.7. The fraction of sp³-hybridized carbons (Fsp3) is 0.304. The molecule has 2 aromatic heterocycles. The Kier molecular flexibility index (Phi) is 14.3. The maximum Gasteiger partial charge on any atom is 0.257 e. The molecule has 1 saturated heterocycles. The topological polar surface area (TPSA) is 185 Å². The van der Waals surface area contributed by atoms with Crippen LogP contribution in [0.4, 0.5) is 17.3 Å². The van der Waals surface area contributed by atoms with Crippen LogP contribution < -0.4 is 26.0 Å². The van der Waals surface area contributed by atoms with Crippen LogP contribution in [0.5, 0.6) is 5.75 Å². The zero-order valence-corrected chi connectivity index (χ0v) is 34.4. The van der Waals surface area contributed by atoms with Crippen LogP contribution in [-0.2, 0) is 25.7 Å². The summed E-state index contributed by atoms with van der Waals surface area (Å²) in [5.74, 6) is -0.548. The molecule has 0 radical (unpaired) electrons. The van der Waals surface area contributed by atoms with Crippen molar-refractivity contribution >= 4 is 58.5 Å². The zero-order chi connectivity index (χ0) is 42.6.